The van der Waals surface area contributed by atoms with Gasteiger partial charge in [-0.2, -0.15) is 0 Å². The lowest BCUT2D eigenvalue weighted by Crippen LogP contribution is -2.50. The predicted octanol–water partition coefficient (Wildman–Crippen LogP) is 0.402. The maximum atomic E-state index is 12.0. The highest BCUT2D eigenvalue weighted by Gasteiger charge is 2.20. The molecule has 1 aliphatic heterocycles. The van der Waals surface area contributed by atoms with E-state index in [-0.39, 0.29) is 12.5 Å². The van der Waals surface area contributed by atoms with Crippen LogP contribution in [0.5, 0.6) is 0 Å². The third kappa shape index (κ3) is 5.27. The van der Waals surface area contributed by atoms with Gasteiger partial charge in [-0.1, -0.05) is 11.6 Å². The first kappa shape index (κ1) is 16.7. The van der Waals surface area contributed by atoms with Gasteiger partial charge in [0.2, 0.25) is 5.91 Å². The molecule has 8 heteroatoms. The number of piperazine rings is 1. The molecule has 0 unspecified atom stereocenters. The molecule has 0 aromatic heterocycles. The van der Waals surface area contributed by atoms with Gasteiger partial charge in [0.1, 0.15) is 0 Å². The molecule has 1 fully saturated rings. The minimum absolute atomic E-state index is 0.0797. The largest absolute Gasteiger partial charge is 0.325 e. The van der Waals surface area contributed by atoms with Gasteiger partial charge >= 0.3 is 0 Å². The number of halogens is 1. The van der Waals surface area contributed by atoms with Crippen molar-refractivity contribution in [3.63, 3.8) is 0 Å². The molecule has 2 rings (SSSR count). The van der Waals surface area contributed by atoms with E-state index in [9.17, 15) is 9.59 Å². The Morgan fingerprint density at radius 3 is 2.00 bits per heavy atom. The Hall–Kier alpha value is -1.67. The Balaban J connectivity index is 1.72. The summed E-state index contributed by atoms with van der Waals surface area (Å²) in [7, 11) is 0. The lowest BCUT2D eigenvalue weighted by Gasteiger charge is -2.33. The topological polar surface area (TPSA) is 84.9 Å². The molecule has 1 aliphatic rings. The van der Waals surface area contributed by atoms with Gasteiger partial charge in [0.25, 0.3) is 5.91 Å². The van der Waals surface area contributed by atoms with Crippen molar-refractivity contribution in [1.82, 2.24) is 15.3 Å². The van der Waals surface area contributed by atoms with Crippen LogP contribution >= 0.6 is 11.6 Å². The number of rotatable bonds is 5. The van der Waals surface area contributed by atoms with E-state index in [0.29, 0.717) is 43.4 Å². The Kier molecular flexibility index (Phi) is 6.14. The van der Waals surface area contributed by atoms with Crippen LogP contribution in [0.25, 0.3) is 0 Å². The van der Waals surface area contributed by atoms with E-state index in [1.54, 1.807) is 29.7 Å². The minimum Gasteiger partial charge on any atom is -0.325 e. The second kappa shape index (κ2) is 8.09. The molecule has 3 N–H and O–H groups in total. The lowest BCUT2D eigenvalue weighted by atomic mass is 10.3. The fraction of sp³-hybridized carbons (Fsp3) is 0.429. The molecule has 0 spiro atoms. The highest BCUT2D eigenvalue weighted by Crippen LogP contribution is 2.13. The smallest absolute Gasteiger partial charge is 0.257 e. The van der Waals surface area contributed by atoms with Gasteiger partial charge in [0, 0.05) is 36.9 Å². The van der Waals surface area contributed by atoms with Crippen LogP contribution in [-0.4, -0.2) is 66.1 Å². The number of hydrogen-bond donors (Lipinski definition) is 3. The van der Waals surface area contributed by atoms with Crippen molar-refractivity contribution < 1.29 is 14.8 Å². The van der Waals surface area contributed by atoms with E-state index in [1.807, 2.05) is 9.80 Å². The molecule has 120 valence electrons. The van der Waals surface area contributed by atoms with Crippen molar-refractivity contribution >= 4 is 29.1 Å². The van der Waals surface area contributed by atoms with Crippen LogP contribution in [0.3, 0.4) is 0 Å². The standard InChI is InChI=1S/C14H19ClN4O3/c15-11-1-3-12(4-2-11)16-13(20)9-18-5-7-19(8-6-18)10-14(21)17-22/h1-4,22H,5-10H2,(H,16,20)(H,17,21). The molecular weight excluding hydrogens is 308 g/mol. The van der Waals surface area contributed by atoms with E-state index in [4.69, 9.17) is 16.8 Å². The van der Waals surface area contributed by atoms with Crippen LogP contribution in [0.1, 0.15) is 0 Å². The Labute approximate surface area is 133 Å². The summed E-state index contributed by atoms with van der Waals surface area (Å²) in [6.45, 7) is 3.24. The van der Waals surface area contributed by atoms with E-state index in [2.05, 4.69) is 5.32 Å². The van der Waals surface area contributed by atoms with Crippen molar-refractivity contribution in [2.75, 3.05) is 44.6 Å². The zero-order valence-corrected chi connectivity index (χ0v) is 12.8. The molecule has 0 aliphatic carbocycles. The van der Waals surface area contributed by atoms with Crippen LogP contribution in [0.15, 0.2) is 24.3 Å². The zero-order valence-electron chi connectivity index (χ0n) is 12.1. The molecule has 0 radical (unpaired) electrons. The SMILES string of the molecule is O=C(CN1CCN(CC(=O)Nc2ccc(Cl)cc2)CC1)NO. The number of hydrogen-bond acceptors (Lipinski definition) is 5. The molecule has 2 amide bonds. The summed E-state index contributed by atoms with van der Waals surface area (Å²) in [5, 5.41) is 11.9. The van der Waals surface area contributed by atoms with Crippen molar-refractivity contribution in [3.8, 4) is 0 Å². The summed E-state index contributed by atoms with van der Waals surface area (Å²) in [6, 6.07) is 6.96. The summed E-state index contributed by atoms with van der Waals surface area (Å²) in [4.78, 5) is 27.0. The van der Waals surface area contributed by atoms with Crippen LogP contribution in [0.4, 0.5) is 5.69 Å². The Morgan fingerprint density at radius 1 is 1.00 bits per heavy atom. The predicted molar refractivity (Wildman–Crippen MR) is 82.9 cm³/mol. The number of amides is 2. The minimum atomic E-state index is -0.422. The molecule has 7 nitrogen and oxygen atoms in total. The van der Waals surface area contributed by atoms with Gasteiger partial charge in [-0.25, -0.2) is 5.48 Å². The second-order valence-corrected chi connectivity index (χ2v) is 5.58. The fourth-order valence-corrected chi connectivity index (χ4v) is 2.41. The normalized spacial score (nSPS) is 16.3. The molecule has 1 aromatic rings. The van der Waals surface area contributed by atoms with Gasteiger partial charge < -0.3 is 5.32 Å². The number of carbonyl (C=O) groups excluding carboxylic acids is 2. The van der Waals surface area contributed by atoms with Gasteiger partial charge in [-0.15, -0.1) is 0 Å². The summed E-state index contributed by atoms with van der Waals surface area (Å²) in [6.07, 6.45) is 0. The van der Waals surface area contributed by atoms with Crippen molar-refractivity contribution in [2.45, 2.75) is 0 Å². The second-order valence-electron chi connectivity index (χ2n) is 5.14. The van der Waals surface area contributed by atoms with Crippen LogP contribution in [-0.2, 0) is 9.59 Å². The van der Waals surface area contributed by atoms with E-state index in [1.165, 1.54) is 0 Å². The third-order valence-electron chi connectivity index (χ3n) is 3.45. The van der Waals surface area contributed by atoms with E-state index >= 15 is 0 Å². The number of carbonyl (C=O) groups is 2. The number of nitrogens with zero attached hydrogens (tertiary/aromatic N) is 2. The third-order valence-corrected chi connectivity index (χ3v) is 3.70. The van der Waals surface area contributed by atoms with Gasteiger partial charge in [-0.3, -0.25) is 24.6 Å². The van der Waals surface area contributed by atoms with Crippen LogP contribution < -0.4 is 10.8 Å². The maximum absolute atomic E-state index is 12.0. The molecule has 0 saturated carbocycles. The number of hydroxylamine groups is 1. The fourth-order valence-electron chi connectivity index (χ4n) is 2.28. The summed E-state index contributed by atoms with van der Waals surface area (Å²) in [5.74, 6) is -0.502. The Bertz CT molecular complexity index is 515. The van der Waals surface area contributed by atoms with Gasteiger partial charge in [0.15, 0.2) is 0 Å². The van der Waals surface area contributed by atoms with Gasteiger partial charge in [0.05, 0.1) is 13.1 Å². The average molecular weight is 327 g/mol. The molecule has 22 heavy (non-hydrogen) atoms. The first-order chi connectivity index (χ1) is 10.6. The number of nitrogens with one attached hydrogen (secondary N) is 2. The maximum Gasteiger partial charge on any atom is 0.257 e. The van der Waals surface area contributed by atoms with Crippen molar-refractivity contribution in [2.24, 2.45) is 0 Å². The molecule has 0 bridgehead atoms. The molecule has 0 atom stereocenters. The monoisotopic (exact) mass is 326 g/mol. The van der Waals surface area contributed by atoms with Crippen molar-refractivity contribution in [1.29, 1.82) is 0 Å². The average Bonchev–Trinajstić information content (AvgIpc) is 2.51. The lowest BCUT2D eigenvalue weighted by molar-refractivity contribution is -0.131. The molecular formula is C14H19ClN4O3. The first-order valence-corrected chi connectivity index (χ1v) is 7.37. The van der Waals surface area contributed by atoms with Gasteiger partial charge in [-0.05, 0) is 24.3 Å². The van der Waals surface area contributed by atoms with E-state index in [0.717, 1.165) is 0 Å². The van der Waals surface area contributed by atoms with Crippen LogP contribution in [0, 0.1) is 0 Å². The summed E-state index contributed by atoms with van der Waals surface area (Å²) >= 11 is 5.79. The van der Waals surface area contributed by atoms with Crippen molar-refractivity contribution in [3.05, 3.63) is 29.3 Å². The summed E-state index contributed by atoms with van der Waals surface area (Å²) in [5.41, 5.74) is 2.33. The Morgan fingerprint density at radius 2 is 1.50 bits per heavy atom. The quantitative estimate of drug-likeness (QED) is 0.539. The highest BCUT2D eigenvalue weighted by atomic mass is 35.5. The molecule has 1 aromatic carbocycles. The number of benzene rings is 1. The molecule has 1 heterocycles. The highest BCUT2D eigenvalue weighted by molar-refractivity contribution is 6.30. The van der Waals surface area contributed by atoms with E-state index < -0.39 is 5.91 Å². The zero-order chi connectivity index (χ0) is 15.9. The summed E-state index contributed by atoms with van der Waals surface area (Å²) < 4.78 is 0. The molecule has 1 saturated heterocycles. The number of anilines is 1. The van der Waals surface area contributed by atoms with Crippen LogP contribution in [0.2, 0.25) is 5.02 Å². The first-order valence-electron chi connectivity index (χ1n) is 7.00.